The first kappa shape index (κ1) is 13.8. The van der Waals surface area contributed by atoms with Gasteiger partial charge in [-0.3, -0.25) is 4.79 Å². The number of fused-ring (bicyclic) bond motifs is 1. The molecule has 2 aromatic carbocycles. The molecule has 0 atom stereocenters. The van der Waals surface area contributed by atoms with Crippen LogP contribution in [0.25, 0.3) is 0 Å². The molecule has 0 radical (unpaired) electrons. The van der Waals surface area contributed by atoms with E-state index in [1.807, 2.05) is 12.1 Å². The van der Waals surface area contributed by atoms with Gasteiger partial charge < -0.3 is 20.1 Å². The van der Waals surface area contributed by atoms with Crippen LogP contribution in [0, 0.1) is 11.3 Å². The van der Waals surface area contributed by atoms with Gasteiger partial charge in [-0.25, -0.2) is 0 Å². The predicted molar refractivity (Wildman–Crippen MR) is 80.8 cm³/mol. The molecule has 2 N–H and O–H groups in total. The Morgan fingerprint density at radius 1 is 1.09 bits per heavy atom. The van der Waals surface area contributed by atoms with Gasteiger partial charge in [0, 0.05) is 17.4 Å². The maximum absolute atomic E-state index is 11.9. The van der Waals surface area contributed by atoms with E-state index in [1.54, 1.807) is 36.4 Å². The zero-order chi connectivity index (χ0) is 15.4. The summed E-state index contributed by atoms with van der Waals surface area (Å²) in [6.07, 6.45) is 0. The summed E-state index contributed by atoms with van der Waals surface area (Å²) in [5.41, 5.74) is 1.98. The monoisotopic (exact) mass is 295 g/mol. The number of amides is 1. The van der Waals surface area contributed by atoms with Gasteiger partial charge in [-0.1, -0.05) is 0 Å². The summed E-state index contributed by atoms with van der Waals surface area (Å²) in [7, 11) is 0. The highest BCUT2D eigenvalue weighted by molar-refractivity contribution is 5.93. The molecule has 1 aliphatic rings. The summed E-state index contributed by atoms with van der Waals surface area (Å²) in [6.45, 7) is 0.345. The summed E-state index contributed by atoms with van der Waals surface area (Å²) in [6, 6.07) is 14.1. The summed E-state index contributed by atoms with van der Waals surface area (Å²) >= 11 is 0. The quantitative estimate of drug-likeness (QED) is 0.904. The van der Waals surface area contributed by atoms with Crippen LogP contribution in [0.3, 0.4) is 0 Å². The number of nitriles is 1. The largest absolute Gasteiger partial charge is 0.454 e. The molecule has 0 spiro atoms. The molecular formula is C16H13N3O3. The Balaban J connectivity index is 1.54. The van der Waals surface area contributed by atoms with E-state index in [9.17, 15) is 4.79 Å². The van der Waals surface area contributed by atoms with Gasteiger partial charge in [0.25, 0.3) is 0 Å². The van der Waals surface area contributed by atoms with Crippen LogP contribution in [0.4, 0.5) is 11.4 Å². The number of hydrogen-bond donors (Lipinski definition) is 2. The molecule has 110 valence electrons. The van der Waals surface area contributed by atoms with Crippen molar-refractivity contribution in [3.8, 4) is 17.6 Å². The summed E-state index contributed by atoms with van der Waals surface area (Å²) in [4.78, 5) is 11.9. The van der Waals surface area contributed by atoms with E-state index in [0.717, 1.165) is 5.69 Å². The third kappa shape index (κ3) is 3.10. The highest BCUT2D eigenvalue weighted by atomic mass is 16.7. The van der Waals surface area contributed by atoms with E-state index >= 15 is 0 Å². The zero-order valence-corrected chi connectivity index (χ0v) is 11.6. The highest BCUT2D eigenvalue weighted by Crippen LogP contribution is 2.34. The fourth-order valence-corrected chi connectivity index (χ4v) is 2.02. The molecule has 22 heavy (non-hydrogen) atoms. The third-order valence-electron chi connectivity index (χ3n) is 3.12. The Morgan fingerprint density at radius 3 is 2.59 bits per heavy atom. The van der Waals surface area contributed by atoms with Gasteiger partial charge in [0.1, 0.15) is 0 Å². The number of hydrogen-bond acceptors (Lipinski definition) is 5. The van der Waals surface area contributed by atoms with Crippen molar-refractivity contribution < 1.29 is 14.3 Å². The van der Waals surface area contributed by atoms with Gasteiger partial charge in [0.2, 0.25) is 12.7 Å². The van der Waals surface area contributed by atoms with Crippen LogP contribution < -0.4 is 20.1 Å². The molecule has 1 heterocycles. The van der Waals surface area contributed by atoms with E-state index < -0.39 is 0 Å². The molecule has 0 bridgehead atoms. The van der Waals surface area contributed by atoms with Gasteiger partial charge in [0.05, 0.1) is 18.2 Å². The van der Waals surface area contributed by atoms with E-state index in [0.29, 0.717) is 22.7 Å². The van der Waals surface area contributed by atoms with E-state index in [1.165, 1.54) is 0 Å². The van der Waals surface area contributed by atoms with Crippen LogP contribution in [0.2, 0.25) is 0 Å². The molecule has 2 aromatic rings. The molecule has 6 heteroatoms. The lowest BCUT2D eigenvalue weighted by atomic mass is 10.2. The van der Waals surface area contributed by atoms with Crippen LogP contribution in [-0.2, 0) is 4.79 Å². The molecule has 0 aromatic heterocycles. The fraction of sp³-hybridized carbons (Fsp3) is 0.125. The first-order valence-corrected chi connectivity index (χ1v) is 6.68. The topological polar surface area (TPSA) is 83.4 Å². The number of anilines is 2. The Bertz CT molecular complexity index is 735. The molecule has 0 saturated carbocycles. The summed E-state index contributed by atoms with van der Waals surface area (Å²) in [5, 5.41) is 14.5. The number of nitrogens with one attached hydrogen (secondary N) is 2. The SMILES string of the molecule is N#Cc1ccc(NC(=O)CNc2ccc3c(c2)OCO3)cc1. The number of rotatable bonds is 4. The molecule has 3 rings (SSSR count). The van der Waals surface area contributed by atoms with Crippen molar-refractivity contribution >= 4 is 17.3 Å². The van der Waals surface area contributed by atoms with Crippen LogP contribution in [-0.4, -0.2) is 19.2 Å². The molecule has 1 aliphatic heterocycles. The predicted octanol–water partition coefficient (Wildman–Crippen LogP) is 2.34. The molecule has 1 amide bonds. The van der Waals surface area contributed by atoms with Crippen LogP contribution in [0.1, 0.15) is 5.56 Å². The Hall–Kier alpha value is -3.20. The average Bonchev–Trinajstić information content (AvgIpc) is 3.01. The Labute approximate surface area is 127 Å². The van der Waals surface area contributed by atoms with Gasteiger partial charge in [-0.15, -0.1) is 0 Å². The number of benzene rings is 2. The zero-order valence-electron chi connectivity index (χ0n) is 11.6. The average molecular weight is 295 g/mol. The Kier molecular flexibility index (Phi) is 3.79. The second-order valence-electron chi connectivity index (χ2n) is 4.66. The van der Waals surface area contributed by atoms with E-state index in [2.05, 4.69) is 10.6 Å². The second-order valence-corrected chi connectivity index (χ2v) is 4.66. The lowest BCUT2D eigenvalue weighted by Gasteiger charge is -2.08. The van der Waals surface area contributed by atoms with Crippen LogP contribution in [0.5, 0.6) is 11.5 Å². The number of nitrogens with zero attached hydrogens (tertiary/aromatic N) is 1. The van der Waals surface area contributed by atoms with Crippen LogP contribution >= 0.6 is 0 Å². The van der Waals surface area contributed by atoms with Crippen molar-refractivity contribution in [1.29, 1.82) is 5.26 Å². The Morgan fingerprint density at radius 2 is 1.82 bits per heavy atom. The van der Waals surface area contributed by atoms with Gasteiger partial charge in [-0.2, -0.15) is 5.26 Å². The fourth-order valence-electron chi connectivity index (χ4n) is 2.02. The molecule has 0 fully saturated rings. The third-order valence-corrected chi connectivity index (χ3v) is 3.12. The highest BCUT2D eigenvalue weighted by Gasteiger charge is 2.13. The number of ether oxygens (including phenoxy) is 2. The van der Waals surface area contributed by atoms with E-state index in [4.69, 9.17) is 14.7 Å². The smallest absolute Gasteiger partial charge is 0.243 e. The second kappa shape index (κ2) is 6.06. The number of carbonyl (C=O) groups excluding carboxylic acids is 1. The molecule has 0 unspecified atom stereocenters. The van der Waals surface area contributed by atoms with Gasteiger partial charge in [0.15, 0.2) is 11.5 Å². The van der Waals surface area contributed by atoms with Crippen LogP contribution in [0.15, 0.2) is 42.5 Å². The maximum Gasteiger partial charge on any atom is 0.243 e. The molecule has 6 nitrogen and oxygen atoms in total. The normalized spacial score (nSPS) is 11.6. The van der Waals surface area contributed by atoms with Crippen molar-refractivity contribution in [2.75, 3.05) is 24.0 Å². The first-order chi connectivity index (χ1) is 10.7. The minimum Gasteiger partial charge on any atom is -0.454 e. The van der Waals surface area contributed by atoms with Crippen molar-refractivity contribution in [3.63, 3.8) is 0 Å². The molecular weight excluding hydrogens is 282 g/mol. The van der Waals surface area contributed by atoms with Crippen molar-refractivity contribution in [2.45, 2.75) is 0 Å². The van der Waals surface area contributed by atoms with E-state index in [-0.39, 0.29) is 19.2 Å². The standard InChI is InChI=1S/C16H13N3O3/c17-8-11-1-3-12(4-2-11)19-16(20)9-18-13-5-6-14-15(7-13)22-10-21-14/h1-7,18H,9-10H2,(H,19,20). The molecule has 0 aliphatic carbocycles. The maximum atomic E-state index is 11.9. The lowest BCUT2D eigenvalue weighted by molar-refractivity contribution is -0.114. The van der Waals surface area contributed by atoms with Crippen molar-refractivity contribution in [3.05, 3.63) is 48.0 Å². The van der Waals surface area contributed by atoms with Crippen molar-refractivity contribution in [1.82, 2.24) is 0 Å². The molecule has 0 saturated heterocycles. The minimum atomic E-state index is -0.178. The van der Waals surface area contributed by atoms with Gasteiger partial charge >= 0.3 is 0 Å². The first-order valence-electron chi connectivity index (χ1n) is 6.68. The van der Waals surface area contributed by atoms with Crippen molar-refractivity contribution in [2.24, 2.45) is 0 Å². The van der Waals surface area contributed by atoms with Gasteiger partial charge in [-0.05, 0) is 36.4 Å². The number of carbonyl (C=O) groups is 1. The minimum absolute atomic E-state index is 0.125. The summed E-state index contributed by atoms with van der Waals surface area (Å²) in [5.74, 6) is 1.19. The lowest BCUT2D eigenvalue weighted by Crippen LogP contribution is -2.21. The summed E-state index contributed by atoms with van der Waals surface area (Å²) < 4.78 is 10.5.